The topological polar surface area (TPSA) is 118 Å². The normalized spacial score (nSPS) is 19.6. The van der Waals surface area contributed by atoms with E-state index < -0.39 is 12.2 Å². The molecule has 3 aliphatic heterocycles. The van der Waals surface area contributed by atoms with Gasteiger partial charge in [0.05, 0.1) is 67.1 Å². The van der Waals surface area contributed by atoms with E-state index in [2.05, 4.69) is 142 Å². The van der Waals surface area contributed by atoms with Crippen molar-refractivity contribution in [1.82, 2.24) is 10.2 Å². The van der Waals surface area contributed by atoms with Gasteiger partial charge in [0.2, 0.25) is 0 Å². The summed E-state index contributed by atoms with van der Waals surface area (Å²) in [5.74, 6) is 3.10. The summed E-state index contributed by atoms with van der Waals surface area (Å²) in [5, 5.41) is 26.8. The minimum Gasteiger partial charge on any atom is -0.491 e. The number of likely N-dealkylation sites (N-methyl/N-ethyl adjacent to an activating group) is 1. The van der Waals surface area contributed by atoms with Crippen LogP contribution in [0.15, 0.2) is 97.1 Å². The molecule has 0 radical (unpaired) electrons. The molecule has 4 atom stereocenters. The number of hydrogen-bond acceptors (Lipinski definition) is 10. The second kappa shape index (κ2) is 25.0. The number of epoxide rings is 2. The number of nitrogens with zero attached hydrogens (tertiary/aromatic N) is 3. The Labute approximate surface area is 451 Å². The van der Waals surface area contributed by atoms with Crippen LogP contribution in [-0.4, -0.2) is 173 Å². The van der Waals surface area contributed by atoms with Gasteiger partial charge in [-0.3, -0.25) is 4.90 Å². The molecule has 0 saturated carbocycles. The van der Waals surface area contributed by atoms with Crippen molar-refractivity contribution in [2.45, 2.75) is 146 Å². The second-order valence-electron chi connectivity index (χ2n) is 25.8. The molecule has 75 heavy (non-hydrogen) atoms. The molecule has 3 heterocycles. The maximum atomic E-state index is 11.5. The fraction of sp³-hybridized carbons (Fsp3) is 0.619. The highest BCUT2D eigenvalue weighted by Gasteiger charge is 2.44. The number of benzene rings is 4. The minimum atomic E-state index is -0.765. The van der Waals surface area contributed by atoms with Crippen LogP contribution in [-0.2, 0) is 20.3 Å². The van der Waals surface area contributed by atoms with Crippen LogP contribution in [0, 0.1) is 0 Å². The quantitative estimate of drug-likeness (QED) is 0.0256. The lowest BCUT2D eigenvalue weighted by molar-refractivity contribution is -0.917. The predicted molar refractivity (Wildman–Crippen MR) is 302 cm³/mol. The number of ether oxygens (including phenoxy) is 6. The van der Waals surface area contributed by atoms with Crippen LogP contribution in [0.1, 0.15) is 116 Å². The molecule has 3 aliphatic rings. The van der Waals surface area contributed by atoms with Gasteiger partial charge in [-0.1, -0.05) is 76.2 Å². The highest BCUT2D eigenvalue weighted by molar-refractivity contribution is 5.43. The predicted octanol–water partition coefficient (Wildman–Crippen LogP) is 9.40. The lowest BCUT2D eigenvalue weighted by atomic mass is 9.78. The lowest BCUT2D eigenvalue weighted by Crippen LogP contribution is -2.65. The van der Waals surface area contributed by atoms with E-state index in [1.54, 1.807) is 0 Å². The third-order valence-corrected chi connectivity index (χ3v) is 16.2. The molecule has 12 nitrogen and oxygen atoms in total. The number of rotatable bonds is 31. The molecule has 12 heteroatoms. The summed E-state index contributed by atoms with van der Waals surface area (Å²) in [4.78, 5) is 2.18. The standard InChI is InChI=1S/C63H96N4O8/c1-60(2)37-51(38-61(3,4)64-60)67(11,12)35-16-14-13-15-34-66(9,10)36-33-65(39-52(68)41-70-54-25-17-47(18-26-54)62(5,6)49-21-29-56(30-22-49)72-43-58-45-74-58)40-53(69)42-71-55-27-19-48(20-28-55)63(7,8)50-23-31-57(32-24-50)73-44-59-46-75-59/h17-32,51-53,58-59,64,68-69H,13-16,33-46H2,1-12H3/q+2. The van der Waals surface area contributed by atoms with Crippen molar-refractivity contribution in [3.8, 4) is 23.0 Å². The van der Waals surface area contributed by atoms with Gasteiger partial charge in [-0.15, -0.1) is 0 Å². The molecular weight excluding hydrogens is 941 g/mol. The molecule has 414 valence electrons. The Kier molecular flexibility index (Phi) is 19.5. The molecule has 4 aromatic rings. The van der Waals surface area contributed by atoms with Gasteiger partial charge in [0.25, 0.3) is 0 Å². The van der Waals surface area contributed by atoms with E-state index in [1.807, 2.05) is 48.5 Å². The van der Waals surface area contributed by atoms with E-state index >= 15 is 0 Å². The molecule has 0 spiro atoms. The van der Waals surface area contributed by atoms with E-state index in [1.165, 1.54) is 56.2 Å². The highest BCUT2D eigenvalue weighted by Crippen LogP contribution is 2.36. The van der Waals surface area contributed by atoms with E-state index in [4.69, 9.17) is 28.4 Å². The first-order valence-electron chi connectivity index (χ1n) is 28.1. The van der Waals surface area contributed by atoms with Crippen LogP contribution in [0.5, 0.6) is 23.0 Å². The molecule has 7 rings (SSSR count). The first-order chi connectivity index (χ1) is 35.4. The fourth-order valence-corrected chi connectivity index (χ4v) is 11.1. The van der Waals surface area contributed by atoms with Crippen molar-refractivity contribution in [3.63, 3.8) is 0 Å². The van der Waals surface area contributed by atoms with E-state index in [0.29, 0.717) is 50.4 Å². The number of hydrogen-bond donors (Lipinski definition) is 3. The first-order valence-corrected chi connectivity index (χ1v) is 28.1. The van der Waals surface area contributed by atoms with E-state index in [-0.39, 0.29) is 47.3 Å². The summed E-state index contributed by atoms with van der Waals surface area (Å²) in [6, 6.07) is 33.6. The zero-order valence-electron chi connectivity index (χ0n) is 48.0. The van der Waals surface area contributed by atoms with E-state index in [9.17, 15) is 10.2 Å². The SMILES string of the molecule is CC1(C)CC([N+](C)(C)CCCCCC[N+](C)(C)CCN(CC(O)COc2ccc(C(C)(C)c3ccc(OCC4CO4)cc3)cc2)CC(O)COc2ccc(C(C)(C)c3ccc(OCC4CO4)cc3)cc2)CC(C)(C)N1. The molecule has 4 unspecified atom stereocenters. The van der Waals surface area contributed by atoms with Crippen LogP contribution >= 0.6 is 0 Å². The van der Waals surface area contributed by atoms with Gasteiger partial charge < -0.3 is 52.9 Å². The fourth-order valence-electron chi connectivity index (χ4n) is 11.1. The third kappa shape index (κ3) is 18.2. The number of nitrogens with one attached hydrogen (secondary N) is 1. The summed E-state index contributed by atoms with van der Waals surface area (Å²) < 4.78 is 36.6. The first kappa shape index (κ1) is 58.4. The summed E-state index contributed by atoms with van der Waals surface area (Å²) in [7, 11) is 9.48. The Hall–Kier alpha value is -4.24. The molecular formula is C63H96N4O8+2. The largest absolute Gasteiger partial charge is 0.491 e. The van der Waals surface area contributed by atoms with Crippen LogP contribution in [0.4, 0.5) is 0 Å². The maximum absolute atomic E-state index is 11.5. The number of aliphatic hydroxyl groups is 2. The van der Waals surface area contributed by atoms with Crippen molar-refractivity contribution in [1.29, 1.82) is 0 Å². The van der Waals surface area contributed by atoms with Crippen LogP contribution in [0.25, 0.3) is 0 Å². The monoisotopic (exact) mass is 1040 g/mol. The number of aliphatic hydroxyl groups excluding tert-OH is 2. The smallest absolute Gasteiger partial charge is 0.119 e. The van der Waals surface area contributed by atoms with Crippen LogP contribution in [0.3, 0.4) is 0 Å². The summed E-state index contributed by atoms with van der Waals surface area (Å²) in [6.07, 6.45) is 6.20. The Bertz CT molecular complexity index is 2200. The zero-order valence-corrected chi connectivity index (χ0v) is 48.0. The van der Waals surface area contributed by atoms with Crippen molar-refractivity contribution < 1.29 is 47.6 Å². The molecule has 0 aromatic heterocycles. The molecule has 3 N–H and O–H groups in total. The summed E-state index contributed by atoms with van der Waals surface area (Å²) in [6.45, 7) is 25.9. The average molecular weight is 1040 g/mol. The van der Waals surface area contributed by atoms with Gasteiger partial charge >= 0.3 is 0 Å². The van der Waals surface area contributed by atoms with Crippen molar-refractivity contribution >= 4 is 0 Å². The number of unbranched alkanes of at least 4 members (excludes halogenated alkanes) is 3. The van der Waals surface area contributed by atoms with Gasteiger partial charge in [0.1, 0.15) is 73.8 Å². The lowest BCUT2D eigenvalue weighted by Gasteiger charge is -2.51. The Balaban J connectivity index is 0.900. The number of quaternary nitrogens is 2. The average Bonchev–Trinajstić information content (AvgIpc) is 4.31. The van der Waals surface area contributed by atoms with Gasteiger partial charge in [-0.25, -0.2) is 0 Å². The van der Waals surface area contributed by atoms with E-state index in [0.717, 1.165) is 57.9 Å². The van der Waals surface area contributed by atoms with Gasteiger partial charge in [0, 0.05) is 54.4 Å². The van der Waals surface area contributed by atoms with Gasteiger partial charge in [0.15, 0.2) is 0 Å². The summed E-state index contributed by atoms with van der Waals surface area (Å²) in [5.41, 5.74) is 4.54. The molecule has 3 fully saturated rings. The minimum absolute atomic E-state index is 0.136. The summed E-state index contributed by atoms with van der Waals surface area (Å²) >= 11 is 0. The van der Waals surface area contributed by atoms with Crippen molar-refractivity contribution in [2.24, 2.45) is 0 Å². The Morgan fingerprint density at radius 3 is 1.25 bits per heavy atom. The second-order valence-corrected chi connectivity index (χ2v) is 25.8. The van der Waals surface area contributed by atoms with Crippen molar-refractivity contribution in [3.05, 3.63) is 119 Å². The third-order valence-electron chi connectivity index (χ3n) is 16.2. The Morgan fingerprint density at radius 2 is 0.893 bits per heavy atom. The molecule has 3 saturated heterocycles. The molecule has 4 aromatic carbocycles. The molecule has 0 amide bonds. The van der Waals surface area contributed by atoms with Gasteiger partial charge in [-0.2, -0.15) is 0 Å². The van der Waals surface area contributed by atoms with Gasteiger partial charge in [-0.05, 0) is 124 Å². The van der Waals surface area contributed by atoms with Crippen LogP contribution < -0.4 is 24.3 Å². The van der Waals surface area contributed by atoms with Crippen LogP contribution in [0.2, 0.25) is 0 Å². The van der Waals surface area contributed by atoms with Crippen molar-refractivity contribution in [2.75, 3.05) is 107 Å². The highest BCUT2D eigenvalue weighted by atomic mass is 16.6. The molecule has 0 aliphatic carbocycles. The Morgan fingerprint density at radius 1 is 0.547 bits per heavy atom. The zero-order chi connectivity index (χ0) is 54.1. The number of piperidine rings is 1. The maximum Gasteiger partial charge on any atom is 0.119 e. The molecule has 0 bridgehead atoms.